The van der Waals surface area contributed by atoms with Gasteiger partial charge in [0.1, 0.15) is 12.4 Å². The van der Waals surface area contributed by atoms with Gasteiger partial charge in [0.15, 0.2) is 5.13 Å². The number of thiazole rings is 1. The van der Waals surface area contributed by atoms with E-state index in [-0.39, 0.29) is 29.2 Å². The van der Waals surface area contributed by atoms with Crippen molar-refractivity contribution >= 4 is 49.0 Å². The summed E-state index contributed by atoms with van der Waals surface area (Å²) >= 11 is 1.22. The first-order valence-electron chi connectivity index (χ1n) is 11.5. The van der Waals surface area contributed by atoms with Gasteiger partial charge in [-0.2, -0.15) is 0 Å². The van der Waals surface area contributed by atoms with Crippen LogP contribution >= 0.6 is 11.3 Å². The Morgan fingerprint density at radius 3 is 2.64 bits per heavy atom. The van der Waals surface area contributed by atoms with Gasteiger partial charge in [0.2, 0.25) is 5.91 Å². The first-order chi connectivity index (χ1) is 17.2. The fourth-order valence-electron chi connectivity index (χ4n) is 4.66. The lowest BCUT2D eigenvalue weighted by molar-refractivity contribution is -0.134. The number of anilines is 2. The Kier molecular flexibility index (Phi) is 6.44. The molecule has 0 bridgehead atoms. The minimum atomic E-state index is -3.70. The van der Waals surface area contributed by atoms with Crippen LogP contribution in [0.1, 0.15) is 12.6 Å². The van der Waals surface area contributed by atoms with Crippen molar-refractivity contribution in [1.82, 2.24) is 14.5 Å². The molecule has 0 spiro atoms. The third kappa shape index (κ3) is 4.80. The van der Waals surface area contributed by atoms with Gasteiger partial charge in [-0.15, -0.1) is 11.3 Å². The number of aryl methyl sites for hydroxylation is 1. The number of fused-ring (bicyclic) bond motifs is 1. The fourth-order valence-corrected chi connectivity index (χ4v) is 6.45. The number of carbonyl (C=O) groups is 1. The SMILES string of the molecule is Cc1cc2cc(F)ccc2n1CC(=O)N1CCN(c2ccc(S(=O)(=O)Nc3nccs3)cc2)C[C@H]1C. The summed E-state index contributed by atoms with van der Waals surface area (Å²) in [5, 5.41) is 2.81. The molecule has 0 radical (unpaired) electrons. The zero-order valence-corrected chi connectivity index (χ0v) is 21.5. The van der Waals surface area contributed by atoms with Crippen LogP contribution in [0, 0.1) is 12.7 Å². The van der Waals surface area contributed by atoms with Crippen LogP contribution in [0.3, 0.4) is 0 Å². The Morgan fingerprint density at radius 1 is 1.17 bits per heavy atom. The molecule has 11 heteroatoms. The van der Waals surface area contributed by atoms with E-state index >= 15 is 0 Å². The number of piperazine rings is 1. The van der Waals surface area contributed by atoms with Gasteiger partial charge >= 0.3 is 0 Å². The van der Waals surface area contributed by atoms with E-state index in [2.05, 4.69) is 14.6 Å². The zero-order valence-electron chi connectivity index (χ0n) is 19.9. The summed E-state index contributed by atoms with van der Waals surface area (Å²) in [5.41, 5.74) is 2.65. The van der Waals surface area contributed by atoms with Crippen molar-refractivity contribution in [3.8, 4) is 0 Å². The molecule has 1 fully saturated rings. The maximum absolute atomic E-state index is 13.6. The molecule has 5 rings (SSSR count). The molecule has 2 aromatic carbocycles. The van der Waals surface area contributed by atoms with Crippen LogP contribution in [0.2, 0.25) is 0 Å². The van der Waals surface area contributed by atoms with Gasteiger partial charge in [-0.3, -0.25) is 9.52 Å². The molecule has 188 valence electrons. The first kappa shape index (κ1) is 24.3. The molecule has 1 amide bonds. The van der Waals surface area contributed by atoms with Gasteiger partial charge in [0.25, 0.3) is 10.0 Å². The number of halogens is 1. The number of aromatic nitrogens is 2. The quantitative estimate of drug-likeness (QED) is 0.408. The van der Waals surface area contributed by atoms with E-state index in [1.165, 1.54) is 23.5 Å². The second-order valence-corrected chi connectivity index (χ2v) is 11.5. The molecule has 0 aliphatic carbocycles. The number of carbonyl (C=O) groups excluding carboxylic acids is 1. The third-order valence-electron chi connectivity index (χ3n) is 6.48. The van der Waals surface area contributed by atoms with Gasteiger partial charge in [-0.05, 0) is 62.4 Å². The van der Waals surface area contributed by atoms with Gasteiger partial charge in [-0.25, -0.2) is 17.8 Å². The molecule has 1 aliphatic rings. The normalized spacial score (nSPS) is 16.5. The predicted octanol–water partition coefficient (Wildman–Crippen LogP) is 4.08. The lowest BCUT2D eigenvalue weighted by atomic mass is 10.1. The van der Waals surface area contributed by atoms with Crippen LogP contribution in [0.5, 0.6) is 0 Å². The van der Waals surface area contributed by atoms with Crippen LogP contribution in [0.4, 0.5) is 15.2 Å². The van der Waals surface area contributed by atoms with Crippen LogP contribution in [-0.4, -0.2) is 54.5 Å². The molecule has 1 aliphatic heterocycles. The number of benzene rings is 2. The number of rotatable bonds is 6. The van der Waals surface area contributed by atoms with E-state index in [1.807, 2.05) is 29.4 Å². The van der Waals surface area contributed by atoms with E-state index in [4.69, 9.17) is 0 Å². The minimum Gasteiger partial charge on any atom is -0.368 e. The van der Waals surface area contributed by atoms with Crippen molar-refractivity contribution in [3.05, 3.63) is 71.6 Å². The number of hydrogen-bond donors (Lipinski definition) is 1. The molecule has 2 aromatic heterocycles. The van der Waals surface area contributed by atoms with Gasteiger partial charge < -0.3 is 14.4 Å². The Hall–Kier alpha value is -3.44. The topological polar surface area (TPSA) is 87.5 Å². The highest BCUT2D eigenvalue weighted by Crippen LogP contribution is 2.25. The summed E-state index contributed by atoms with van der Waals surface area (Å²) < 4.78 is 43.2. The summed E-state index contributed by atoms with van der Waals surface area (Å²) in [6.45, 7) is 5.95. The Labute approximate surface area is 213 Å². The molecule has 1 atom stereocenters. The monoisotopic (exact) mass is 527 g/mol. The predicted molar refractivity (Wildman–Crippen MR) is 139 cm³/mol. The number of sulfonamides is 1. The highest BCUT2D eigenvalue weighted by atomic mass is 32.2. The number of hydrogen-bond acceptors (Lipinski definition) is 6. The molecule has 1 saturated heterocycles. The van der Waals surface area contributed by atoms with E-state index in [0.717, 1.165) is 22.3 Å². The summed E-state index contributed by atoms with van der Waals surface area (Å²) in [4.78, 5) is 21.4. The molecule has 4 aromatic rings. The van der Waals surface area contributed by atoms with E-state index in [0.29, 0.717) is 24.8 Å². The largest absolute Gasteiger partial charge is 0.368 e. The molecule has 0 unspecified atom stereocenters. The summed E-state index contributed by atoms with van der Waals surface area (Å²) in [6, 6.07) is 13.2. The number of nitrogens with one attached hydrogen (secondary N) is 1. The Balaban J connectivity index is 1.24. The Morgan fingerprint density at radius 2 is 1.94 bits per heavy atom. The van der Waals surface area contributed by atoms with Crippen molar-refractivity contribution in [3.63, 3.8) is 0 Å². The highest BCUT2D eigenvalue weighted by molar-refractivity contribution is 7.93. The standard InChI is InChI=1S/C25H26FN5O3S2/c1-17-13-19-14-20(26)3-8-23(19)31(17)16-24(32)30-11-10-29(15-18(30)2)21-4-6-22(7-5-21)36(33,34)28-25-27-9-12-35-25/h3-9,12-14,18H,10-11,15-16H2,1-2H3,(H,27,28)/t18-/m1/s1. The maximum Gasteiger partial charge on any atom is 0.263 e. The van der Waals surface area contributed by atoms with Crippen LogP contribution in [-0.2, 0) is 21.4 Å². The zero-order chi connectivity index (χ0) is 25.4. The smallest absolute Gasteiger partial charge is 0.263 e. The van der Waals surface area contributed by atoms with E-state index in [9.17, 15) is 17.6 Å². The van der Waals surface area contributed by atoms with E-state index in [1.54, 1.807) is 41.9 Å². The lowest BCUT2D eigenvalue weighted by Gasteiger charge is -2.41. The van der Waals surface area contributed by atoms with Crippen LogP contribution < -0.4 is 9.62 Å². The van der Waals surface area contributed by atoms with Crippen molar-refractivity contribution in [2.24, 2.45) is 0 Å². The molecule has 36 heavy (non-hydrogen) atoms. The van der Waals surface area contributed by atoms with E-state index < -0.39 is 10.0 Å². The molecule has 1 N–H and O–H groups in total. The molecule has 3 heterocycles. The third-order valence-corrected chi connectivity index (χ3v) is 8.65. The van der Waals surface area contributed by atoms with Crippen molar-refractivity contribution in [1.29, 1.82) is 0 Å². The number of nitrogens with zero attached hydrogens (tertiary/aromatic N) is 4. The van der Waals surface area contributed by atoms with Crippen molar-refractivity contribution in [2.75, 3.05) is 29.3 Å². The average molecular weight is 528 g/mol. The van der Waals surface area contributed by atoms with Crippen molar-refractivity contribution < 1.29 is 17.6 Å². The first-order valence-corrected chi connectivity index (χ1v) is 13.9. The average Bonchev–Trinajstić information content (AvgIpc) is 3.45. The maximum atomic E-state index is 13.6. The second-order valence-electron chi connectivity index (χ2n) is 8.89. The van der Waals surface area contributed by atoms with Gasteiger partial charge in [0.05, 0.1) is 4.90 Å². The molecular formula is C25H26FN5O3S2. The highest BCUT2D eigenvalue weighted by Gasteiger charge is 2.28. The van der Waals surface area contributed by atoms with Crippen molar-refractivity contribution in [2.45, 2.75) is 31.3 Å². The number of amides is 1. The minimum absolute atomic E-state index is 0.0155. The molecule has 0 saturated carbocycles. The summed E-state index contributed by atoms with van der Waals surface area (Å²) in [6.07, 6.45) is 1.54. The van der Waals surface area contributed by atoms with Crippen LogP contribution in [0.15, 0.2) is 65.0 Å². The Bertz CT molecular complexity index is 1500. The summed E-state index contributed by atoms with van der Waals surface area (Å²) in [5.74, 6) is -0.279. The fraction of sp³-hybridized carbons (Fsp3) is 0.280. The molecule has 8 nitrogen and oxygen atoms in total. The lowest BCUT2D eigenvalue weighted by Crippen LogP contribution is -2.54. The summed E-state index contributed by atoms with van der Waals surface area (Å²) in [7, 11) is -3.70. The van der Waals surface area contributed by atoms with Crippen LogP contribution in [0.25, 0.3) is 10.9 Å². The van der Waals surface area contributed by atoms with Gasteiger partial charge in [0, 0.05) is 59.5 Å². The molecular weight excluding hydrogens is 501 g/mol. The van der Waals surface area contributed by atoms with Gasteiger partial charge in [-0.1, -0.05) is 0 Å². The second kappa shape index (κ2) is 9.55.